The number of nitrogens with zero attached hydrogens (tertiary/aromatic N) is 3. The Hall–Kier alpha value is -2.10. The van der Waals surface area contributed by atoms with Gasteiger partial charge in [-0.15, -0.1) is 0 Å². The molecule has 4 heteroatoms. The first-order valence-corrected chi connectivity index (χ1v) is 8.08. The van der Waals surface area contributed by atoms with Gasteiger partial charge in [-0.05, 0) is 56.4 Å². The summed E-state index contributed by atoms with van der Waals surface area (Å²) in [5.74, 6) is 0.165. The number of pyridine rings is 1. The van der Waals surface area contributed by atoms with Crippen LogP contribution in [0.3, 0.4) is 0 Å². The van der Waals surface area contributed by atoms with E-state index in [4.69, 9.17) is 0 Å². The fourth-order valence-electron chi connectivity index (χ4n) is 3.26. The summed E-state index contributed by atoms with van der Waals surface area (Å²) in [5, 5.41) is 0. The van der Waals surface area contributed by atoms with Crippen LogP contribution in [0.2, 0.25) is 0 Å². The fourth-order valence-corrected chi connectivity index (χ4v) is 3.26. The largest absolute Gasteiger partial charge is 0.347 e. The number of carbonyl (C=O) groups is 1. The standard InChI is InChI=1S/C18H23N3O/c1-20-13-6-9-17(20)18(22)21-14-5-3-8-16(21)11-10-15-7-2-4-12-19-15/h2,4,6-7,9,12-13,16H,3,5,8,10-11,14H2,1H3. The van der Waals surface area contributed by atoms with Gasteiger partial charge in [0.2, 0.25) is 0 Å². The second-order valence-electron chi connectivity index (χ2n) is 6.01. The summed E-state index contributed by atoms with van der Waals surface area (Å²) in [7, 11) is 1.93. The van der Waals surface area contributed by atoms with Crippen LogP contribution in [-0.2, 0) is 13.5 Å². The lowest BCUT2D eigenvalue weighted by Gasteiger charge is -2.36. The minimum atomic E-state index is 0.165. The molecule has 0 aliphatic carbocycles. The number of rotatable bonds is 4. The molecule has 0 aromatic carbocycles. The van der Waals surface area contributed by atoms with Gasteiger partial charge in [-0.3, -0.25) is 9.78 Å². The summed E-state index contributed by atoms with van der Waals surface area (Å²) >= 11 is 0. The molecular weight excluding hydrogens is 274 g/mol. The van der Waals surface area contributed by atoms with Crippen molar-refractivity contribution in [3.8, 4) is 0 Å². The summed E-state index contributed by atoms with van der Waals surface area (Å²) in [6, 6.07) is 10.2. The summed E-state index contributed by atoms with van der Waals surface area (Å²) in [4.78, 5) is 19.3. The molecule has 3 heterocycles. The third kappa shape index (κ3) is 3.21. The van der Waals surface area contributed by atoms with E-state index in [1.807, 2.05) is 48.3 Å². The molecule has 1 aliphatic rings. The van der Waals surface area contributed by atoms with Crippen molar-refractivity contribution in [2.45, 2.75) is 38.1 Å². The van der Waals surface area contributed by atoms with Crippen molar-refractivity contribution < 1.29 is 4.79 Å². The highest BCUT2D eigenvalue weighted by molar-refractivity contribution is 5.93. The quantitative estimate of drug-likeness (QED) is 0.870. The molecule has 0 bridgehead atoms. The van der Waals surface area contributed by atoms with Crippen molar-refractivity contribution in [2.24, 2.45) is 7.05 Å². The number of piperidine rings is 1. The van der Waals surface area contributed by atoms with Crippen molar-refractivity contribution in [3.05, 3.63) is 54.1 Å². The molecule has 2 aromatic rings. The second kappa shape index (κ2) is 6.77. The highest BCUT2D eigenvalue weighted by atomic mass is 16.2. The summed E-state index contributed by atoms with van der Waals surface area (Å²) in [6.45, 7) is 0.872. The maximum absolute atomic E-state index is 12.8. The highest BCUT2D eigenvalue weighted by Gasteiger charge is 2.28. The Bertz CT molecular complexity index is 620. The van der Waals surface area contributed by atoms with Crippen LogP contribution in [-0.4, -0.2) is 32.9 Å². The topological polar surface area (TPSA) is 38.1 Å². The third-order valence-electron chi connectivity index (χ3n) is 4.51. The van der Waals surface area contributed by atoms with E-state index >= 15 is 0 Å². The number of likely N-dealkylation sites (tertiary alicyclic amines) is 1. The number of hydrogen-bond donors (Lipinski definition) is 0. The molecule has 1 saturated heterocycles. The molecule has 1 amide bonds. The molecule has 0 saturated carbocycles. The Morgan fingerprint density at radius 3 is 2.91 bits per heavy atom. The second-order valence-corrected chi connectivity index (χ2v) is 6.01. The van der Waals surface area contributed by atoms with Gasteiger partial charge in [-0.1, -0.05) is 6.07 Å². The van der Waals surface area contributed by atoms with E-state index < -0.39 is 0 Å². The van der Waals surface area contributed by atoms with E-state index in [0.717, 1.165) is 43.6 Å². The lowest BCUT2D eigenvalue weighted by molar-refractivity contribution is 0.0592. The summed E-state index contributed by atoms with van der Waals surface area (Å²) in [6.07, 6.45) is 9.11. The Balaban J connectivity index is 1.69. The van der Waals surface area contributed by atoms with Gasteiger partial charge in [0.1, 0.15) is 5.69 Å². The van der Waals surface area contributed by atoms with E-state index in [1.54, 1.807) is 0 Å². The molecule has 1 fully saturated rings. The third-order valence-corrected chi connectivity index (χ3v) is 4.51. The SMILES string of the molecule is Cn1cccc1C(=O)N1CCCCC1CCc1ccccn1. The molecule has 0 radical (unpaired) electrons. The molecular formula is C18H23N3O. The maximum atomic E-state index is 12.8. The van der Waals surface area contributed by atoms with Crippen LogP contribution in [0, 0.1) is 0 Å². The van der Waals surface area contributed by atoms with Crippen LogP contribution < -0.4 is 0 Å². The van der Waals surface area contributed by atoms with Gasteiger partial charge in [-0.2, -0.15) is 0 Å². The summed E-state index contributed by atoms with van der Waals surface area (Å²) in [5.41, 5.74) is 1.89. The van der Waals surface area contributed by atoms with Gasteiger partial charge in [-0.25, -0.2) is 0 Å². The Morgan fingerprint density at radius 2 is 2.18 bits per heavy atom. The fraction of sp³-hybridized carbons (Fsp3) is 0.444. The van der Waals surface area contributed by atoms with Crippen LogP contribution in [0.15, 0.2) is 42.7 Å². The lowest BCUT2D eigenvalue weighted by atomic mass is 9.96. The Labute approximate surface area is 131 Å². The van der Waals surface area contributed by atoms with Crippen LogP contribution in [0.25, 0.3) is 0 Å². The van der Waals surface area contributed by atoms with Crippen LogP contribution in [0.4, 0.5) is 0 Å². The van der Waals surface area contributed by atoms with Crippen molar-refractivity contribution in [2.75, 3.05) is 6.54 Å². The van der Waals surface area contributed by atoms with Crippen LogP contribution in [0.1, 0.15) is 41.9 Å². The zero-order valence-electron chi connectivity index (χ0n) is 13.1. The molecule has 1 aliphatic heterocycles. The van der Waals surface area contributed by atoms with Crippen molar-refractivity contribution in [1.29, 1.82) is 0 Å². The molecule has 1 atom stereocenters. The van der Waals surface area contributed by atoms with Gasteiger partial charge in [0.15, 0.2) is 0 Å². The van der Waals surface area contributed by atoms with Crippen molar-refractivity contribution >= 4 is 5.91 Å². The zero-order valence-corrected chi connectivity index (χ0v) is 13.1. The molecule has 2 aromatic heterocycles. The molecule has 0 N–H and O–H groups in total. The Kier molecular flexibility index (Phi) is 4.56. The van der Waals surface area contributed by atoms with Crippen LogP contribution >= 0.6 is 0 Å². The molecule has 116 valence electrons. The summed E-state index contributed by atoms with van der Waals surface area (Å²) < 4.78 is 1.91. The first-order chi connectivity index (χ1) is 10.8. The molecule has 22 heavy (non-hydrogen) atoms. The normalized spacial score (nSPS) is 18.4. The Morgan fingerprint density at radius 1 is 1.27 bits per heavy atom. The number of carbonyl (C=O) groups excluding carboxylic acids is 1. The van der Waals surface area contributed by atoms with Crippen molar-refractivity contribution in [3.63, 3.8) is 0 Å². The predicted molar refractivity (Wildman–Crippen MR) is 86.6 cm³/mol. The highest BCUT2D eigenvalue weighted by Crippen LogP contribution is 2.23. The smallest absolute Gasteiger partial charge is 0.270 e. The molecule has 1 unspecified atom stereocenters. The van der Waals surface area contributed by atoms with E-state index in [0.29, 0.717) is 6.04 Å². The number of amides is 1. The lowest BCUT2D eigenvalue weighted by Crippen LogP contribution is -2.44. The average molecular weight is 297 g/mol. The first kappa shape index (κ1) is 14.8. The monoisotopic (exact) mass is 297 g/mol. The maximum Gasteiger partial charge on any atom is 0.270 e. The van der Waals surface area contributed by atoms with E-state index in [1.165, 1.54) is 6.42 Å². The average Bonchev–Trinajstić information content (AvgIpc) is 2.99. The minimum absolute atomic E-state index is 0.165. The van der Waals surface area contributed by atoms with Crippen LogP contribution in [0.5, 0.6) is 0 Å². The zero-order chi connectivity index (χ0) is 15.4. The van der Waals surface area contributed by atoms with Gasteiger partial charge < -0.3 is 9.47 Å². The van der Waals surface area contributed by atoms with E-state index in [2.05, 4.69) is 16.0 Å². The van der Waals surface area contributed by atoms with Gasteiger partial charge in [0, 0.05) is 37.7 Å². The molecule has 4 nitrogen and oxygen atoms in total. The minimum Gasteiger partial charge on any atom is -0.347 e. The molecule has 0 spiro atoms. The first-order valence-electron chi connectivity index (χ1n) is 8.08. The predicted octanol–water partition coefficient (Wildman–Crippen LogP) is 3.05. The van der Waals surface area contributed by atoms with Crippen molar-refractivity contribution in [1.82, 2.24) is 14.5 Å². The number of hydrogen-bond acceptors (Lipinski definition) is 2. The molecule has 3 rings (SSSR count). The van der Waals surface area contributed by atoms with Gasteiger partial charge in [0.05, 0.1) is 0 Å². The number of aryl methyl sites for hydroxylation is 2. The van der Waals surface area contributed by atoms with E-state index in [-0.39, 0.29) is 5.91 Å². The van der Waals surface area contributed by atoms with E-state index in [9.17, 15) is 4.79 Å². The van der Waals surface area contributed by atoms with Gasteiger partial charge in [0.25, 0.3) is 5.91 Å². The number of aromatic nitrogens is 2. The van der Waals surface area contributed by atoms with Gasteiger partial charge >= 0.3 is 0 Å².